The maximum atomic E-state index is 8.68. The van der Waals surface area contributed by atoms with Gasteiger partial charge in [-0.15, -0.1) is 0 Å². The van der Waals surface area contributed by atoms with Crippen molar-refractivity contribution in [3.63, 3.8) is 0 Å². The van der Waals surface area contributed by atoms with Crippen molar-refractivity contribution >= 4 is 17.4 Å². The Morgan fingerprint density at radius 1 is 1.38 bits per heavy atom. The Bertz CT molecular complexity index is 576. The first-order chi connectivity index (χ1) is 7.72. The fourth-order valence-corrected chi connectivity index (χ4v) is 1.35. The fourth-order valence-electron chi connectivity index (χ4n) is 1.15. The molecule has 2 rings (SSSR count). The molecule has 0 aliphatic carbocycles. The maximum absolute atomic E-state index is 8.68. The van der Waals surface area contributed by atoms with E-state index >= 15 is 0 Å². The minimum atomic E-state index is 0.120. The zero-order valence-corrected chi connectivity index (χ0v) is 8.81. The summed E-state index contributed by atoms with van der Waals surface area (Å²) in [7, 11) is 0. The predicted molar refractivity (Wildman–Crippen MR) is 59.4 cm³/mol. The van der Waals surface area contributed by atoms with E-state index in [0.717, 1.165) is 0 Å². The lowest BCUT2D eigenvalue weighted by molar-refractivity contribution is 1.14. The van der Waals surface area contributed by atoms with E-state index in [1.54, 1.807) is 18.3 Å². The second-order valence-corrected chi connectivity index (χ2v) is 3.35. The Morgan fingerprint density at radius 2 is 2.19 bits per heavy atom. The van der Waals surface area contributed by atoms with Crippen LogP contribution >= 0.6 is 11.6 Å². The molecule has 0 unspecified atom stereocenters. The summed E-state index contributed by atoms with van der Waals surface area (Å²) in [4.78, 5) is 12.0. The first-order valence-corrected chi connectivity index (χ1v) is 4.73. The molecule has 0 saturated carbocycles. The average Bonchev–Trinajstić information content (AvgIpc) is 2.29. The van der Waals surface area contributed by atoms with Gasteiger partial charge >= 0.3 is 0 Å². The molecule has 78 valence electrons. The van der Waals surface area contributed by atoms with Gasteiger partial charge in [-0.1, -0.05) is 11.6 Å². The molecule has 0 radical (unpaired) electrons. The standard InChI is InChI=1S/C10H6ClN5/c11-7-2-1-3-14-8(7)10-15-5-6(4-12)9(13)16-10/h1-3,5H,(H2,13,15,16). The molecule has 2 N–H and O–H groups in total. The van der Waals surface area contributed by atoms with Crippen molar-refractivity contribution in [3.05, 3.63) is 35.1 Å². The molecule has 16 heavy (non-hydrogen) atoms. The Hall–Kier alpha value is -2.19. The number of hydrogen-bond acceptors (Lipinski definition) is 5. The van der Waals surface area contributed by atoms with E-state index in [2.05, 4.69) is 15.0 Å². The highest BCUT2D eigenvalue weighted by molar-refractivity contribution is 6.32. The van der Waals surface area contributed by atoms with Crippen LogP contribution < -0.4 is 5.73 Å². The molecule has 0 saturated heterocycles. The highest BCUT2D eigenvalue weighted by atomic mass is 35.5. The van der Waals surface area contributed by atoms with Crippen molar-refractivity contribution < 1.29 is 0 Å². The summed E-state index contributed by atoms with van der Waals surface area (Å²) < 4.78 is 0. The van der Waals surface area contributed by atoms with E-state index in [1.165, 1.54) is 6.20 Å². The summed E-state index contributed by atoms with van der Waals surface area (Å²) in [6, 6.07) is 5.27. The monoisotopic (exact) mass is 231 g/mol. The Kier molecular flexibility index (Phi) is 2.66. The first kappa shape index (κ1) is 10.3. The summed E-state index contributed by atoms with van der Waals surface area (Å²) in [5, 5.41) is 9.12. The number of pyridine rings is 1. The first-order valence-electron chi connectivity index (χ1n) is 4.36. The van der Waals surface area contributed by atoms with E-state index < -0.39 is 0 Å². The Morgan fingerprint density at radius 3 is 2.81 bits per heavy atom. The van der Waals surface area contributed by atoms with E-state index in [-0.39, 0.29) is 11.4 Å². The third kappa shape index (κ3) is 1.78. The minimum absolute atomic E-state index is 0.120. The van der Waals surface area contributed by atoms with Crippen LogP contribution in [0.25, 0.3) is 11.5 Å². The zero-order chi connectivity index (χ0) is 11.5. The van der Waals surface area contributed by atoms with Crippen LogP contribution in [0.5, 0.6) is 0 Å². The largest absolute Gasteiger partial charge is 0.382 e. The molecule has 5 nitrogen and oxygen atoms in total. The van der Waals surface area contributed by atoms with Gasteiger partial charge in [0.1, 0.15) is 23.1 Å². The molecule has 0 bridgehead atoms. The number of hydrogen-bond donors (Lipinski definition) is 1. The van der Waals surface area contributed by atoms with Crippen LogP contribution in [0.15, 0.2) is 24.5 Å². The van der Waals surface area contributed by atoms with Gasteiger partial charge in [-0.2, -0.15) is 5.26 Å². The van der Waals surface area contributed by atoms with Crippen molar-refractivity contribution in [2.24, 2.45) is 0 Å². The molecule has 2 heterocycles. The SMILES string of the molecule is N#Cc1cnc(-c2ncccc2Cl)nc1N. The summed E-state index contributed by atoms with van der Waals surface area (Å²) in [5.74, 6) is 0.427. The summed E-state index contributed by atoms with van der Waals surface area (Å²) in [6.45, 7) is 0. The lowest BCUT2D eigenvalue weighted by atomic mass is 10.3. The molecule has 0 aromatic carbocycles. The molecule has 0 fully saturated rings. The van der Waals surface area contributed by atoms with Gasteiger partial charge in [0, 0.05) is 6.20 Å². The lowest BCUT2D eigenvalue weighted by Gasteiger charge is -2.02. The van der Waals surface area contributed by atoms with Gasteiger partial charge in [0.2, 0.25) is 0 Å². The molecule has 0 atom stereocenters. The molecule has 0 aliphatic rings. The van der Waals surface area contributed by atoms with Crippen LogP contribution in [0.4, 0.5) is 5.82 Å². The molecule has 2 aromatic rings. The van der Waals surface area contributed by atoms with Gasteiger partial charge in [0.15, 0.2) is 5.82 Å². The molecule has 0 amide bonds. The normalized spacial score (nSPS) is 9.75. The molecule has 0 spiro atoms. The van der Waals surface area contributed by atoms with E-state index in [1.807, 2.05) is 6.07 Å². The summed E-state index contributed by atoms with van der Waals surface area (Å²) in [5.41, 5.74) is 6.25. The molecule has 6 heteroatoms. The number of nitriles is 1. The number of rotatable bonds is 1. The van der Waals surface area contributed by atoms with Gasteiger partial charge in [-0.3, -0.25) is 4.98 Å². The number of nitrogens with two attached hydrogens (primary N) is 1. The van der Waals surface area contributed by atoms with Gasteiger partial charge in [0.25, 0.3) is 0 Å². The van der Waals surface area contributed by atoms with Gasteiger partial charge < -0.3 is 5.73 Å². The van der Waals surface area contributed by atoms with Crippen LogP contribution in [0.2, 0.25) is 5.02 Å². The molecule has 0 aliphatic heterocycles. The smallest absolute Gasteiger partial charge is 0.181 e. The molecule has 2 aromatic heterocycles. The quantitative estimate of drug-likeness (QED) is 0.806. The topological polar surface area (TPSA) is 88.5 Å². The van der Waals surface area contributed by atoms with E-state index in [4.69, 9.17) is 22.6 Å². The lowest BCUT2D eigenvalue weighted by Crippen LogP contribution is -2.00. The van der Waals surface area contributed by atoms with Crippen LogP contribution in [-0.2, 0) is 0 Å². The predicted octanol–water partition coefficient (Wildman–Crippen LogP) is 1.65. The minimum Gasteiger partial charge on any atom is -0.382 e. The van der Waals surface area contributed by atoms with Crippen molar-refractivity contribution in [2.45, 2.75) is 0 Å². The van der Waals surface area contributed by atoms with Crippen molar-refractivity contribution in [2.75, 3.05) is 5.73 Å². The number of nitrogens with zero attached hydrogens (tertiary/aromatic N) is 4. The highest BCUT2D eigenvalue weighted by Crippen LogP contribution is 2.22. The van der Waals surface area contributed by atoms with E-state index in [0.29, 0.717) is 16.5 Å². The number of anilines is 1. The van der Waals surface area contributed by atoms with Crippen LogP contribution in [0.1, 0.15) is 5.56 Å². The second kappa shape index (κ2) is 4.13. The third-order valence-electron chi connectivity index (χ3n) is 1.91. The number of halogens is 1. The Labute approximate surface area is 96.5 Å². The molecular formula is C10H6ClN5. The molecular weight excluding hydrogens is 226 g/mol. The van der Waals surface area contributed by atoms with Gasteiger partial charge in [-0.05, 0) is 12.1 Å². The number of nitrogen functional groups attached to an aromatic ring is 1. The zero-order valence-electron chi connectivity index (χ0n) is 8.05. The highest BCUT2D eigenvalue weighted by Gasteiger charge is 2.09. The van der Waals surface area contributed by atoms with Gasteiger partial charge in [-0.25, -0.2) is 9.97 Å². The summed E-state index contributed by atoms with van der Waals surface area (Å²) in [6.07, 6.45) is 2.93. The van der Waals surface area contributed by atoms with Crippen LogP contribution in [0.3, 0.4) is 0 Å². The maximum Gasteiger partial charge on any atom is 0.181 e. The van der Waals surface area contributed by atoms with Crippen LogP contribution in [0, 0.1) is 11.3 Å². The second-order valence-electron chi connectivity index (χ2n) is 2.94. The van der Waals surface area contributed by atoms with E-state index in [9.17, 15) is 0 Å². The van der Waals surface area contributed by atoms with Crippen molar-refractivity contribution in [3.8, 4) is 17.6 Å². The fraction of sp³-hybridized carbons (Fsp3) is 0. The Balaban J connectivity index is 2.55. The third-order valence-corrected chi connectivity index (χ3v) is 2.21. The van der Waals surface area contributed by atoms with Gasteiger partial charge in [0.05, 0.1) is 11.2 Å². The number of aromatic nitrogens is 3. The van der Waals surface area contributed by atoms with Crippen molar-refractivity contribution in [1.29, 1.82) is 5.26 Å². The average molecular weight is 232 g/mol. The van der Waals surface area contributed by atoms with Crippen molar-refractivity contribution in [1.82, 2.24) is 15.0 Å². The van der Waals surface area contributed by atoms with Crippen LogP contribution in [-0.4, -0.2) is 15.0 Å². The summed E-state index contributed by atoms with van der Waals surface area (Å²) >= 11 is 5.94.